The van der Waals surface area contributed by atoms with Crippen molar-refractivity contribution in [3.8, 4) is 0 Å². The molecule has 2 rings (SSSR count). The molecule has 1 amide bonds. The maximum atomic E-state index is 11.5. The summed E-state index contributed by atoms with van der Waals surface area (Å²) in [4.78, 5) is 11.5. The fourth-order valence-electron chi connectivity index (χ4n) is 2.13. The lowest BCUT2D eigenvalue weighted by atomic mass is 10.1. The van der Waals surface area contributed by atoms with Gasteiger partial charge in [0.25, 0.3) is 0 Å². The number of amides is 1. The van der Waals surface area contributed by atoms with Gasteiger partial charge in [-0.15, -0.1) is 0 Å². The van der Waals surface area contributed by atoms with Gasteiger partial charge >= 0.3 is 0 Å². The molecule has 1 heterocycles. The highest BCUT2D eigenvalue weighted by atomic mass is 32.2. The van der Waals surface area contributed by atoms with E-state index in [9.17, 15) is 13.2 Å². The van der Waals surface area contributed by atoms with Gasteiger partial charge in [-0.2, -0.15) is 0 Å². The van der Waals surface area contributed by atoms with E-state index in [1.807, 2.05) is 0 Å². The largest absolute Gasteiger partial charge is 0.355 e. The van der Waals surface area contributed by atoms with E-state index in [2.05, 4.69) is 10.6 Å². The Morgan fingerprint density at radius 2 is 1.94 bits per heavy atom. The smallest absolute Gasteiger partial charge is 0.220 e. The van der Waals surface area contributed by atoms with Crippen LogP contribution in [0, 0.1) is 5.92 Å². The van der Waals surface area contributed by atoms with Crippen LogP contribution in [0.2, 0.25) is 0 Å². The highest BCUT2D eigenvalue weighted by molar-refractivity contribution is 7.91. The van der Waals surface area contributed by atoms with Gasteiger partial charge in [-0.05, 0) is 25.2 Å². The number of hydrogen-bond donors (Lipinski definition) is 2. The van der Waals surface area contributed by atoms with Crippen molar-refractivity contribution in [3.63, 3.8) is 0 Å². The molecule has 1 aliphatic carbocycles. The zero-order valence-corrected chi connectivity index (χ0v) is 10.8. The maximum Gasteiger partial charge on any atom is 0.220 e. The number of sulfone groups is 1. The van der Waals surface area contributed by atoms with Gasteiger partial charge in [0.15, 0.2) is 9.84 Å². The second-order valence-electron chi connectivity index (χ2n) is 5.05. The lowest BCUT2D eigenvalue weighted by Gasteiger charge is -2.09. The van der Waals surface area contributed by atoms with E-state index in [0.29, 0.717) is 25.4 Å². The molecule has 17 heavy (non-hydrogen) atoms. The second-order valence-corrected chi connectivity index (χ2v) is 7.28. The van der Waals surface area contributed by atoms with Gasteiger partial charge in [0, 0.05) is 25.6 Å². The lowest BCUT2D eigenvalue weighted by Crippen LogP contribution is -2.33. The van der Waals surface area contributed by atoms with Crippen molar-refractivity contribution < 1.29 is 13.2 Å². The Hall–Kier alpha value is -0.620. The summed E-state index contributed by atoms with van der Waals surface area (Å²) in [6, 6.07) is 0.659. The highest BCUT2D eigenvalue weighted by Gasteiger charge is 2.29. The first kappa shape index (κ1) is 12.8. The summed E-state index contributed by atoms with van der Waals surface area (Å²) in [6.45, 7) is 1.44. The van der Waals surface area contributed by atoms with Crippen LogP contribution in [0.3, 0.4) is 0 Å². The fraction of sp³-hybridized carbons (Fsp3) is 0.909. The van der Waals surface area contributed by atoms with E-state index in [4.69, 9.17) is 0 Å². The van der Waals surface area contributed by atoms with Crippen LogP contribution in [0.15, 0.2) is 0 Å². The van der Waals surface area contributed by atoms with Crippen LogP contribution >= 0.6 is 0 Å². The maximum absolute atomic E-state index is 11.5. The third-order valence-corrected chi connectivity index (χ3v) is 5.10. The molecule has 1 atom stereocenters. The van der Waals surface area contributed by atoms with Crippen LogP contribution in [-0.2, 0) is 14.6 Å². The number of carbonyl (C=O) groups excluding carboxylic acids is 1. The zero-order valence-electron chi connectivity index (χ0n) is 9.94. The van der Waals surface area contributed by atoms with E-state index in [0.717, 1.165) is 6.54 Å². The van der Waals surface area contributed by atoms with Gasteiger partial charge in [0.05, 0.1) is 11.5 Å². The summed E-state index contributed by atoms with van der Waals surface area (Å²) in [5, 5.41) is 6.13. The average Bonchev–Trinajstić information content (AvgIpc) is 2.99. The monoisotopic (exact) mass is 260 g/mol. The van der Waals surface area contributed by atoms with Crippen molar-refractivity contribution in [2.75, 3.05) is 24.6 Å². The number of hydrogen-bond acceptors (Lipinski definition) is 4. The third kappa shape index (κ3) is 4.63. The molecule has 0 bridgehead atoms. The Morgan fingerprint density at radius 1 is 1.18 bits per heavy atom. The van der Waals surface area contributed by atoms with Crippen molar-refractivity contribution in [2.24, 2.45) is 5.92 Å². The minimum absolute atomic E-state index is 0.0234. The molecular formula is C11H20N2O3S. The number of nitrogens with one attached hydrogen (secondary N) is 2. The molecule has 0 spiro atoms. The summed E-state index contributed by atoms with van der Waals surface area (Å²) in [5.74, 6) is 0.427. The molecule has 0 aromatic carbocycles. The lowest BCUT2D eigenvalue weighted by molar-refractivity contribution is -0.121. The predicted molar refractivity (Wildman–Crippen MR) is 65.4 cm³/mol. The van der Waals surface area contributed by atoms with Crippen LogP contribution in [0.25, 0.3) is 0 Å². The van der Waals surface area contributed by atoms with Gasteiger partial charge in [-0.25, -0.2) is 8.42 Å². The molecule has 2 aliphatic rings. The first-order valence-corrected chi connectivity index (χ1v) is 8.08. The van der Waals surface area contributed by atoms with Gasteiger partial charge in [0.1, 0.15) is 0 Å². The van der Waals surface area contributed by atoms with Crippen LogP contribution in [0.4, 0.5) is 0 Å². The standard InChI is InChI=1S/C11H20N2O3S/c14-11(13-5-4-12-10-1-2-10)7-9-3-6-17(15,16)8-9/h9-10,12H,1-8H2,(H,13,14). The van der Waals surface area contributed by atoms with E-state index >= 15 is 0 Å². The van der Waals surface area contributed by atoms with Crippen molar-refractivity contribution in [3.05, 3.63) is 0 Å². The van der Waals surface area contributed by atoms with Crippen molar-refractivity contribution in [1.82, 2.24) is 10.6 Å². The molecule has 6 heteroatoms. The normalized spacial score (nSPS) is 26.9. The van der Waals surface area contributed by atoms with E-state index in [1.54, 1.807) is 0 Å². The van der Waals surface area contributed by atoms with E-state index in [-0.39, 0.29) is 23.3 Å². The quantitative estimate of drug-likeness (QED) is 0.642. The summed E-state index contributed by atoms with van der Waals surface area (Å²) in [5.41, 5.74) is 0. The van der Waals surface area contributed by atoms with Crippen molar-refractivity contribution in [2.45, 2.75) is 31.7 Å². The first-order valence-electron chi connectivity index (χ1n) is 6.26. The van der Waals surface area contributed by atoms with E-state index in [1.165, 1.54) is 12.8 Å². The van der Waals surface area contributed by atoms with Crippen LogP contribution in [0.1, 0.15) is 25.7 Å². The minimum atomic E-state index is -2.86. The first-order chi connectivity index (χ1) is 8.05. The molecule has 1 saturated heterocycles. The van der Waals surface area contributed by atoms with Crippen molar-refractivity contribution in [1.29, 1.82) is 0 Å². The van der Waals surface area contributed by atoms with Gasteiger partial charge < -0.3 is 10.6 Å². The molecule has 1 aliphatic heterocycles. The molecule has 0 aromatic rings. The van der Waals surface area contributed by atoms with Gasteiger partial charge in [-0.1, -0.05) is 0 Å². The van der Waals surface area contributed by atoms with Crippen LogP contribution in [-0.4, -0.2) is 45.0 Å². The fourth-order valence-corrected chi connectivity index (χ4v) is 3.99. The molecule has 2 N–H and O–H groups in total. The molecule has 2 fully saturated rings. The summed E-state index contributed by atoms with van der Waals surface area (Å²) >= 11 is 0. The second kappa shape index (κ2) is 5.35. The molecule has 0 aromatic heterocycles. The van der Waals surface area contributed by atoms with Crippen molar-refractivity contribution >= 4 is 15.7 Å². The summed E-state index contributed by atoms with van der Waals surface area (Å²) < 4.78 is 22.4. The SMILES string of the molecule is O=C(CC1CCS(=O)(=O)C1)NCCNC1CC1. The summed E-state index contributed by atoms with van der Waals surface area (Å²) in [7, 11) is -2.86. The Labute approximate surface area is 102 Å². The van der Waals surface area contributed by atoms with Crippen LogP contribution < -0.4 is 10.6 Å². The molecule has 5 nitrogen and oxygen atoms in total. The van der Waals surface area contributed by atoms with Gasteiger partial charge in [0.2, 0.25) is 5.91 Å². The minimum Gasteiger partial charge on any atom is -0.355 e. The zero-order chi connectivity index (χ0) is 12.3. The molecule has 0 radical (unpaired) electrons. The average molecular weight is 260 g/mol. The topological polar surface area (TPSA) is 75.3 Å². The Balaban J connectivity index is 1.57. The Bertz CT molecular complexity index is 376. The molecule has 98 valence electrons. The summed E-state index contributed by atoms with van der Waals surface area (Å²) in [6.07, 6.45) is 3.47. The molecule has 1 saturated carbocycles. The predicted octanol–water partition coefficient (Wildman–Crippen LogP) is -0.321. The van der Waals surface area contributed by atoms with Gasteiger partial charge in [-0.3, -0.25) is 4.79 Å². The number of carbonyl (C=O) groups is 1. The molecule has 1 unspecified atom stereocenters. The number of rotatable bonds is 6. The van der Waals surface area contributed by atoms with Crippen LogP contribution in [0.5, 0.6) is 0 Å². The molecular weight excluding hydrogens is 240 g/mol. The Morgan fingerprint density at radius 3 is 2.53 bits per heavy atom. The third-order valence-electron chi connectivity index (χ3n) is 3.26. The highest BCUT2D eigenvalue weighted by Crippen LogP contribution is 2.21. The Kier molecular flexibility index (Phi) is 4.04. The van der Waals surface area contributed by atoms with E-state index < -0.39 is 9.84 Å².